The van der Waals surface area contributed by atoms with E-state index in [0.717, 1.165) is 86.3 Å². The largest absolute Gasteiger partial charge is 1.00 e. The number of aromatic nitrogens is 9. The summed E-state index contributed by atoms with van der Waals surface area (Å²) < 4.78 is 18.1. The Morgan fingerprint density at radius 1 is 0.557 bits per heavy atom. The van der Waals surface area contributed by atoms with Gasteiger partial charge >= 0.3 is 29.6 Å². The van der Waals surface area contributed by atoms with E-state index in [1.165, 1.54) is 55.1 Å². The molecule has 5 heterocycles. The van der Waals surface area contributed by atoms with Crippen molar-refractivity contribution >= 4 is 34.8 Å². The summed E-state index contributed by atoms with van der Waals surface area (Å²) in [7, 11) is 0. The van der Waals surface area contributed by atoms with Gasteiger partial charge in [-0.3, -0.25) is 14.0 Å². The monoisotopic (exact) mass is 1020 g/mol. The van der Waals surface area contributed by atoms with Crippen molar-refractivity contribution in [3.05, 3.63) is 143 Å². The van der Waals surface area contributed by atoms with Gasteiger partial charge < -0.3 is 16.0 Å². The van der Waals surface area contributed by atoms with Crippen LogP contribution in [0.1, 0.15) is 104 Å². The first-order valence-electron chi connectivity index (χ1n) is 25.0. The molecule has 3 aliphatic carbocycles. The van der Waals surface area contributed by atoms with Crippen molar-refractivity contribution in [2.24, 2.45) is 34.0 Å². The minimum atomic E-state index is -0.774. The molecule has 0 radical (unpaired) electrons. The van der Waals surface area contributed by atoms with E-state index in [1.54, 1.807) is 36.3 Å². The molecule has 3 aromatic carbocycles. The zero-order valence-corrected chi connectivity index (χ0v) is 45.8. The van der Waals surface area contributed by atoms with Gasteiger partial charge in [0.25, 0.3) is 0 Å². The summed E-state index contributed by atoms with van der Waals surface area (Å²) in [5.41, 5.74) is 3.40. The third-order valence-electron chi connectivity index (χ3n) is 17.9. The summed E-state index contributed by atoms with van der Waals surface area (Å²) >= 11 is 18.0. The number of fused-ring (bicyclic) bond motifs is 2. The molecule has 6 aromatic rings. The van der Waals surface area contributed by atoms with Crippen LogP contribution in [0.15, 0.2) is 111 Å². The molecule has 2 aliphatic heterocycles. The molecule has 8 unspecified atom stereocenters. The normalized spacial score (nSPS) is 30.1. The molecule has 3 saturated carbocycles. The Bertz CT molecular complexity index is 2560. The summed E-state index contributed by atoms with van der Waals surface area (Å²) in [6.45, 7) is 12.9. The third kappa shape index (κ3) is 10.2. The second-order valence-corrected chi connectivity index (χ2v) is 22.2. The van der Waals surface area contributed by atoms with Gasteiger partial charge in [0.15, 0.2) is 0 Å². The van der Waals surface area contributed by atoms with E-state index in [0.29, 0.717) is 23.8 Å². The molecular weight excluding hydrogens is 952 g/mol. The Balaban J connectivity index is 0.000000154. The molecule has 0 bridgehead atoms. The number of aliphatic hydroxyl groups is 1. The Hall–Kier alpha value is -3.17. The zero-order chi connectivity index (χ0) is 48.3. The van der Waals surface area contributed by atoms with Crippen molar-refractivity contribution in [3.8, 4) is 0 Å². The zero-order valence-electron chi connectivity index (χ0n) is 42.6. The number of benzene rings is 3. The van der Waals surface area contributed by atoms with Crippen molar-refractivity contribution in [1.82, 2.24) is 44.3 Å². The van der Waals surface area contributed by atoms with Crippen LogP contribution in [-0.2, 0) is 48.4 Å². The van der Waals surface area contributed by atoms with Gasteiger partial charge in [-0.15, -0.1) is 0 Å². The second-order valence-electron chi connectivity index (χ2n) is 20.9. The first-order chi connectivity index (χ1) is 33.3. The SMILES string of the molecule is CC12CCC(Cc3ccc(Cl)cc3)C1(Cn1cncn1)OC2.CCC1(CC)CCC(Cc2ccc(Cl)cc2)C1(O)Cn1cncn1.CCC12CCC(Cc3ccc(Cl)cc3)C1(Cn1cncn1)OC2.[H-].[Na+]. The van der Waals surface area contributed by atoms with Crippen LogP contribution in [0.4, 0.5) is 0 Å². The van der Waals surface area contributed by atoms with E-state index in [-0.39, 0.29) is 58.9 Å². The molecule has 70 heavy (non-hydrogen) atoms. The molecule has 8 atom stereocenters. The van der Waals surface area contributed by atoms with E-state index >= 15 is 0 Å². The summed E-state index contributed by atoms with van der Waals surface area (Å²) in [6.07, 6.45) is 23.0. The van der Waals surface area contributed by atoms with E-state index < -0.39 is 5.60 Å². The van der Waals surface area contributed by atoms with E-state index in [9.17, 15) is 5.11 Å². The van der Waals surface area contributed by atoms with Gasteiger partial charge in [-0.1, -0.05) is 98.9 Å². The molecule has 5 aliphatic rings. The van der Waals surface area contributed by atoms with Crippen LogP contribution in [0.2, 0.25) is 15.1 Å². The van der Waals surface area contributed by atoms with Crippen LogP contribution in [-0.4, -0.2) is 79.4 Å². The van der Waals surface area contributed by atoms with Crippen LogP contribution < -0.4 is 29.6 Å². The third-order valence-corrected chi connectivity index (χ3v) is 18.6. The van der Waals surface area contributed by atoms with Crippen molar-refractivity contribution in [1.29, 1.82) is 0 Å². The summed E-state index contributed by atoms with van der Waals surface area (Å²) in [6, 6.07) is 24.4. The van der Waals surface area contributed by atoms with Gasteiger partial charge in [0, 0.05) is 31.3 Å². The fraction of sp³-hybridized carbons (Fsp3) is 0.556. The Morgan fingerprint density at radius 3 is 1.37 bits per heavy atom. The van der Waals surface area contributed by atoms with Gasteiger partial charge in [0.1, 0.15) is 38.0 Å². The molecule has 2 saturated heterocycles. The summed E-state index contributed by atoms with van der Waals surface area (Å²) in [4.78, 5) is 12.2. The number of nitrogens with zero attached hydrogens (tertiary/aromatic N) is 9. The molecule has 11 rings (SSSR count). The minimum absolute atomic E-state index is 0. The number of hydrogen-bond acceptors (Lipinski definition) is 9. The van der Waals surface area contributed by atoms with Crippen LogP contribution in [0, 0.1) is 34.0 Å². The molecule has 0 amide bonds. The maximum Gasteiger partial charge on any atom is 1.00 e. The average Bonchev–Trinajstić information content (AvgIpc) is 4.23. The number of hydrogen-bond donors (Lipinski definition) is 1. The Labute approximate surface area is 452 Å². The maximum absolute atomic E-state index is 11.8. The maximum atomic E-state index is 11.8. The predicted molar refractivity (Wildman–Crippen MR) is 271 cm³/mol. The predicted octanol–water partition coefficient (Wildman–Crippen LogP) is 8.35. The first kappa shape index (κ1) is 53.1. The molecule has 1 N–H and O–H groups in total. The number of halogens is 3. The smallest absolute Gasteiger partial charge is 1.00 e. The molecule has 370 valence electrons. The second kappa shape index (κ2) is 22.1. The number of ether oxygens (including phenoxy) is 2. The van der Waals surface area contributed by atoms with E-state index in [1.807, 2.05) is 45.8 Å². The standard InChI is InChI=1S/C19H26ClN3O.C18H22ClN3O.C17H20ClN3O.Na.H/c1-3-18(4-2)10-9-16(11-15-5-7-17(20)8-6-15)19(18,24)12-23-14-21-13-22-23;1-2-17-8-7-15(9-14-3-5-16(19)6-4-14)18(17,23-11-17)10-22-13-20-12-21-22;1-16-7-6-14(8-13-2-4-15(18)5-3-13)17(16,22-10-16)9-21-12-19-11-20-21;;/h5-8,13-14,16,24H,3-4,9-12H2,1-2H3;3-6,12-13,15H,2,7-11H2,1H3;2-5,11-12,14H,6-10H2,1H3;;/q;;;+1;-1. The Morgan fingerprint density at radius 2 is 0.971 bits per heavy atom. The Kier molecular flexibility index (Phi) is 16.8. The molecule has 3 aromatic heterocycles. The van der Waals surface area contributed by atoms with Gasteiger partial charge in [-0.2, -0.15) is 15.3 Å². The molecular formula is C54H69Cl3N9NaO3. The van der Waals surface area contributed by atoms with Gasteiger partial charge in [-0.05, 0) is 148 Å². The van der Waals surface area contributed by atoms with Crippen LogP contribution in [0.5, 0.6) is 0 Å². The van der Waals surface area contributed by atoms with Crippen LogP contribution in [0.3, 0.4) is 0 Å². The molecule has 0 spiro atoms. The quantitative estimate of drug-likeness (QED) is 0.101. The van der Waals surface area contributed by atoms with Crippen molar-refractivity contribution in [2.45, 2.75) is 141 Å². The van der Waals surface area contributed by atoms with Crippen LogP contribution in [0.25, 0.3) is 0 Å². The fourth-order valence-corrected chi connectivity index (χ4v) is 13.8. The fourth-order valence-electron chi connectivity index (χ4n) is 13.4. The number of rotatable bonds is 15. The first-order valence-corrected chi connectivity index (χ1v) is 26.2. The van der Waals surface area contributed by atoms with Crippen molar-refractivity contribution in [2.75, 3.05) is 13.2 Å². The summed E-state index contributed by atoms with van der Waals surface area (Å²) in [5.74, 6) is 1.24. The molecule has 5 fully saturated rings. The molecule has 12 nitrogen and oxygen atoms in total. The average molecular weight is 1020 g/mol. The van der Waals surface area contributed by atoms with Crippen molar-refractivity contribution < 1.29 is 45.6 Å². The van der Waals surface area contributed by atoms with E-state index in [2.05, 4.69) is 94.3 Å². The van der Waals surface area contributed by atoms with Gasteiger partial charge in [0.2, 0.25) is 0 Å². The van der Waals surface area contributed by atoms with Crippen molar-refractivity contribution in [3.63, 3.8) is 0 Å². The molecule has 16 heteroatoms. The topological polar surface area (TPSA) is 131 Å². The van der Waals surface area contributed by atoms with E-state index in [4.69, 9.17) is 44.3 Å². The van der Waals surface area contributed by atoms with Gasteiger partial charge in [0.05, 0.1) is 49.7 Å². The van der Waals surface area contributed by atoms with Crippen LogP contribution >= 0.6 is 34.8 Å². The van der Waals surface area contributed by atoms with Gasteiger partial charge in [-0.25, -0.2) is 15.0 Å². The summed E-state index contributed by atoms with van der Waals surface area (Å²) in [5, 5.41) is 27.0. The minimum Gasteiger partial charge on any atom is -1.00 e.